The van der Waals surface area contributed by atoms with Crippen molar-refractivity contribution in [3.05, 3.63) is 41.7 Å². The van der Waals surface area contributed by atoms with Gasteiger partial charge in [-0.15, -0.1) is 0 Å². The predicted molar refractivity (Wildman–Crippen MR) is 97.8 cm³/mol. The van der Waals surface area contributed by atoms with Crippen molar-refractivity contribution in [3.8, 4) is 11.4 Å². The summed E-state index contributed by atoms with van der Waals surface area (Å²) in [6, 6.07) is 9.74. The first-order valence-electron chi connectivity index (χ1n) is 8.93. The highest BCUT2D eigenvalue weighted by Crippen LogP contribution is 2.18. The third-order valence-corrected chi connectivity index (χ3v) is 4.50. The van der Waals surface area contributed by atoms with Crippen LogP contribution in [0.5, 0.6) is 0 Å². The van der Waals surface area contributed by atoms with Crippen molar-refractivity contribution in [1.29, 1.82) is 0 Å². The lowest BCUT2D eigenvalue weighted by Gasteiger charge is -2.31. The number of piperidine rings is 1. The minimum Gasteiger partial charge on any atom is -0.450 e. The maximum absolute atomic E-state index is 12.6. The molecule has 0 spiro atoms. The fourth-order valence-corrected chi connectivity index (χ4v) is 3.09. The minimum absolute atomic E-state index is 0.0319. The fourth-order valence-electron chi connectivity index (χ4n) is 3.09. The Balaban J connectivity index is 1.59. The van der Waals surface area contributed by atoms with E-state index < -0.39 is 0 Å². The van der Waals surface area contributed by atoms with Crippen LogP contribution >= 0.6 is 0 Å². The number of nitrogens with zero attached hydrogens (tertiary/aromatic N) is 2. The Labute approximate surface area is 152 Å². The largest absolute Gasteiger partial charge is 0.450 e. The molecule has 2 N–H and O–H groups in total. The lowest BCUT2D eigenvalue weighted by Crippen LogP contribution is -2.46. The first-order valence-corrected chi connectivity index (χ1v) is 8.93. The van der Waals surface area contributed by atoms with Crippen LogP contribution in [0.1, 0.15) is 35.9 Å². The molecule has 3 rings (SSSR count). The highest BCUT2D eigenvalue weighted by atomic mass is 16.6. The number of carbonyl (C=O) groups excluding carboxylic acids is 2. The molecule has 1 saturated heterocycles. The standard InChI is InChI=1S/C19H24N4O3/c1-3-26-19(25)23-11-9-15(10-12-23)21-18(24)16-13(2)20-17(22-16)14-7-5-4-6-8-14/h4-8,15H,3,9-12H2,1-2H3,(H,20,22)(H,21,24). The third kappa shape index (κ3) is 4.04. The van der Waals surface area contributed by atoms with Gasteiger partial charge < -0.3 is 19.9 Å². The van der Waals surface area contributed by atoms with Crippen molar-refractivity contribution < 1.29 is 14.3 Å². The molecular formula is C19H24N4O3. The molecule has 0 saturated carbocycles. The van der Waals surface area contributed by atoms with Crippen molar-refractivity contribution in [2.24, 2.45) is 0 Å². The van der Waals surface area contributed by atoms with E-state index in [4.69, 9.17) is 4.74 Å². The van der Waals surface area contributed by atoms with Gasteiger partial charge in [-0.2, -0.15) is 0 Å². The molecule has 0 atom stereocenters. The fraction of sp³-hybridized carbons (Fsp3) is 0.421. The van der Waals surface area contributed by atoms with E-state index in [9.17, 15) is 9.59 Å². The molecule has 2 amide bonds. The summed E-state index contributed by atoms with van der Waals surface area (Å²) >= 11 is 0. The van der Waals surface area contributed by atoms with Gasteiger partial charge in [-0.1, -0.05) is 30.3 Å². The number of amides is 2. The van der Waals surface area contributed by atoms with Crippen molar-refractivity contribution >= 4 is 12.0 Å². The maximum Gasteiger partial charge on any atom is 0.409 e. The van der Waals surface area contributed by atoms with Gasteiger partial charge in [0, 0.05) is 30.4 Å². The first-order chi connectivity index (χ1) is 12.6. The van der Waals surface area contributed by atoms with Gasteiger partial charge in [-0.3, -0.25) is 4.79 Å². The number of likely N-dealkylation sites (tertiary alicyclic amines) is 1. The summed E-state index contributed by atoms with van der Waals surface area (Å²) in [6.07, 6.45) is 1.13. The van der Waals surface area contributed by atoms with Gasteiger partial charge in [0.1, 0.15) is 11.5 Å². The monoisotopic (exact) mass is 356 g/mol. The molecule has 7 nitrogen and oxygen atoms in total. The van der Waals surface area contributed by atoms with Gasteiger partial charge in [0.15, 0.2) is 0 Å². The normalized spacial score (nSPS) is 14.9. The van der Waals surface area contributed by atoms with E-state index in [0.717, 1.165) is 11.3 Å². The summed E-state index contributed by atoms with van der Waals surface area (Å²) < 4.78 is 5.01. The molecule has 1 fully saturated rings. The van der Waals surface area contributed by atoms with Crippen LogP contribution in [0.2, 0.25) is 0 Å². The van der Waals surface area contributed by atoms with Crippen LogP contribution in [-0.4, -0.2) is 52.6 Å². The average Bonchev–Trinajstić information content (AvgIpc) is 3.05. The molecular weight excluding hydrogens is 332 g/mol. The Morgan fingerprint density at radius 2 is 1.96 bits per heavy atom. The Bertz CT molecular complexity index is 764. The number of aromatic nitrogens is 2. The van der Waals surface area contributed by atoms with Crippen molar-refractivity contribution in [3.63, 3.8) is 0 Å². The summed E-state index contributed by atoms with van der Waals surface area (Å²) in [7, 11) is 0. The summed E-state index contributed by atoms with van der Waals surface area (Å²) in [4.78, 5) is 33.6. The minimum atomic E-state index is -0.284. The quantitative estimate of drug-likeness (QED) is 0.882. The molecule has 0 radical (unpaired) electrons. The van der Waals surface area contributed by atoms with Gasteiger partial charge in [0.25, 0.3) is 5.91 Å². The van der Waals surface area contributed by atoms with Gasteiger partial charge in [0.05, 0.1) is 6.61 Å². The van der Waals surface area contributed by atoms with Gasteiger partial charge >= 0.3 is 6.09 Å². The second-order valence-corrected chi connectivity index (χ2v) is 6.36. The number of ether oxygens (including phenoxy) is 1. The zero-order chi connectivity index (χ0) is 18.5. The summed E-state index contributed by atoms with van der Waals surface area (Å²) in [5.41, 5.74) is 2.10. The summed E-state index contributed by atoms with van der Waals surface area (Å²) in [5.74, 6) is 0.501. The molecule has 1 aliphatic rings. The van der Waals surface area contributed by atoms with Crippen molar-refractivity contribution in [1.82, 2.24) is 20.2 Å². The predicted octanol–water partition coefficient (Wildman–Crippen LogP) is 2.74. The summed E-state index contributed by atoms with van der Waals surface area (Å²) in [6.45, 7) is 5.17. The first kappa shape index (κ1) is 18.0. The second kappa shape index (κ2) is 8.03. The molecule has 1 aliphatic heterocycles. The van der Waals surface area contributed by atoms with Crippen molar-refractivity contribution in [2.75, 3.05) is 19.7 Å². The highest BCUT2D eigenvalue weighted by Gasteiger charge is 2.26. The third-order valence-electron chi connectivity index (χ3n) is 4.50. The number of hydrogen-bond donors (Lipinski definition) is 2. The van der Waals surface area contributed by atoms with E-state index in [1.807, 2.05) is 37.3 Å². The molecule has 2 heterocycles. The number of benzene rings is 1. The van der Waals surface area contributed by atoms with Crippen LogP contribution in [0.15, 0.2) is 30.3 Å². The number of rotatable bonds is 4. The van der Waals surface area contributed by atoms with Gasteiger partial charge in [-0.05, 0) is 26.7 Å². The van der Waals surface area contributed by atoms with E-state index in [1.165, 1.54) is 0 Å². The number of carbonyl (C=O) groups is 2. The number of nitrogens with one attached hydrogen (secondary N) is 2. The van der Waals surface area contributed by atoms with Crippen LogP contribution in [-0.2, 0) is 4.74 Å². The molecule has 1 aromatic heterocycles. The van der Waals surface area contributed by atoms with Gasteiger partial charge in [0.2, 0.25) is 0 Å². The molecule has 2 aromatic rings. The zero-order valence-electron chi connectivity index (χ0n) is 15.1. The van der Waals surface area contributed by atoms with Gasteiger partial charge in [-0.25, -0.2) is 9.78 Å². The van der Waals surface area contributed by atoms with Crippen LogP contribution in [0, 0.1) is 6.92 Å². The molecule has 0 unspecified atom stereocenters. The lowest BCUT2D eigenvalue weighted by atomic mass is 10.1. The molecule has 7 heteroatoms. The second-order valence-electron chi connectivity index (χ2n) is 6.36. The molecule has 0 aliphatic carbocycles. The number of H-pyrrole nitrogens is 1. The number of imidazole rings is 1. The van der Waals surface area contributed by atoms with E-state index in [2.05, 4.69) is 15.3 Å². The van der Waals surface area contributed by atoms with E-state index in [1.54, 1.807) is 11.8 Å². The summed E-state index contributed by atoms with van der Waals surface area (Å²) in [5, 5.41) is 3.03. The average molecular weight is 356 g/mol. The Hall–Kier alpha value is -2.83. The Morgan fingerprint density at radius 1 is 1.27 bits per heavy atom. The van der Waals surface area contributed by atoms with E-state index in [-0.39, 0.29) is 18.0 Å². The molecule has 1 aromatic carbocycles. The SMILES string of the molecule is CCOC(=O)N1CCC(NC(=O)c2nc(-c3ccccc3)[nH]c2C)CC1. The lowest BCUT2D eigenvalue weighted by molar-refractivity contribution is 0.0856. The topological polar surface area (TPSA) is 87.3 Å². The van der Waals surface area contributed by atoms with Crippen molar-refractivity contribution in [2.45, 2.75) is 32.7 Å². The van der Waals surface area contributed by atoms with Crippen LogP contribution in [0.25, 0.3) is 11.4 Å². The number of hydrogen-bond acceptors (Lipinski definition) is 4. The van der Waals surface area contributed by atoms with E-state index in [0.29, 0.717) is 44.1 Å². The maximum atomic E-state index is 12.6. The zero-order valence-corrected chi connectivity index (χ0v) is 15.1. The number of aryl methyl sites for hydroxylation is 1. The molecule has 138 valence electrons. The Morgan fingerprint density at radius 3 is 2.62 bits per heavy atom. The smallest absolute Gasteiger partial charge is 0.409 e. The molecule has 26 heavy (non-hydrogen) atoms. The van der Waals surface area contributed by atoms with Crippen LogP contribution in [0.3, 0.4) is 0 Å². The Kier molecular flexibility index (Phi) is 5.55. The van der Waals surface area contributed by atoms with Crippen LogP contribution < -0.4 is 5.32 Å². The number of aromatic amines is 1. The highest BCUT2D eigenvalue weighted by molar-refractivity contribution is 5.94. The molecule has 0 bridgehead atoms. The van der Waals surface area contributed by atoms with E-state index >= 15 is 0 Å². The van der Waals surface area contributed by atoms with Crippen LogP contribution in [0.4, 0.5) is 4.79 Å².